The molecular formula is C27H34NO6P. The van der Waals surface area contributed by atoms with Gasteiger partial charge in [-0.1, -0.05) is 91.0 Å². The van der Waals surface area contributed by atoms with Gasteiger partial charge in [0.05, 0.1) is 34.4 Å². The second-order valence-corrected chi connectivity index (χ2v) is 10.7. The van der Waals surface area contributed by atoms with Crippen LogP contribution in [0.2, 0.25) is 0 Å². The molecule has 3 aromatic rings. The molecule has 7 nitrogen and oxygen atoms in total. The molecule has 8 heteroatoms. The molecule has 0 spiro atoms. The van der Waals surface area contributed by atoms with Gasteiger partial charge >= 0.3 is 0 Å². The summed E-state index contributed by atoms with van der Waals surface area (Å²) >= 11 is 0. The van der Waals surface area contributed by atoms with Gasteiger partial charge in [-0.05, 0) is 16.7 Å². The Morgan fingerprint density at radius 1 is 0.800 bits per heavy atom. The number of ether oxygens (including phenoxy) is 1. The van der Waals surface area contributed by atoms with Gasteiger partial charge in [0.1, 0.15) is 24.9 Å². The van der Waals surface area contributed by atoms with Gasteiger partial charge in [0.15, 0.2) is 0 Å². The lowest BCUT2D eigenvalue weighted by molar-refractivity contribution is -0.870. The SMILES string of the molecule is C[N+](C)(C)CCOP(=O)([O-])OC[C@@H](O)COC(c1ccccc1)(c1ccccc1)c1ccccc1. The summed E-state index contributed by atoms with van der Waals surface area (Å²) in [7, 11) is 1.24. The van der Waals surface area contributed by atoms with Crippen molar-refractivity contribution in [2.45, 2.75) is 11.7 Å². The number of likely N-dealkylation sites (N-methyl/N-ethyl adjacent to an activating group) is 1. The van der Waals surface area contributed by atoms with Crippen LogP contribution in [0.15, 0.2) is 91.0 Å². The molecule has 1 N–H and O–H groups in total. The minimum Gasteiger partial charge on any atom is -0.756 e. The number of quaternary nitrogens is 1. The number of phosphoric ester groups is 1. The van der Waals surface area contributed by atoms with Crippen LogP contribution in [0.4, 0.5) is 0 Å². The fourth-order valence-corrected chi connectivity index (χ4v) is 4.41. The van der Waals surface area contributed by atoms with Crippen LogP contribution in [-0.4, -0.2) is 63.2 Å². The van der Waals surface area contributed by atoms with Crippen molar-refractivity contribution >= 4 is 7.82 Å². The maximum Gasteiger partial charge on any atom is 0.268 e. The van der Waals surface area contributed by atoms with Gasteiger partial charge in [-0.2, -0.15) is 0 Å². The molecule has 3 rings (SSSR count). The monoisotopic (exact) mass is 499 g/mol. The molecule has 2 atom stereocenters. The molecule has 1 unspecified atom stereocenters. The highest BCUT2D eigenvalue weighted by molar-refractivity contribution is 7.45. The Kier molecular flexibility index (Phi) is 9.39. The third-order valence-electron chi connectivity index (χ3n) is 5.47. The quantitative estimate of drug-likeness (QED) is 0.220. The van der Waals surface area contributed by atoms with Crippen LogP contribution >= 0.6 is 7.82 Å². The molecule has 0 bridgehead atoms. The summed E-state index contributed by atoms with van der Waals surface area (Å²) in [6, 6.07) is 29.2. The van der Waals surface area contributed by atoms with E-state index in [1.807, 2.05) is 112 Å². The van der Waals surface area contributed by atoms with Crippen molar-refractivity contribution < 1.29 is 32.8 Å². The summed E-state index contributed by atoms with van der Waals surface area (Å²) in [5.41, 5.74) is 1.61. The zero-order chi connectivity index (χ0) is 25.4. The third-order valence-corrected chi connectivity index (χ3v) is 6.43. The minimum atomic E-state index is -4.55. The van der Waals surface area contributed by atoms with Crippen molar-refractivity contribution in [3.63, 3.8) is 0 Å². The third kappa shape index (κ3) is 7.82. The summed E-state index contributed by atoms with van der Waals surface area (Å²) in [4.78, 5) is 12.1. The second-order valence-electron chi connectivity index (χ2n) is 9.33. The molecule has 0 amide bonds. The Hall–Kier alpha value is -2.35. The van der Waals surface area contributed by atoms with E-state index in [9.17, 15) is 14.6 Å². The lowest BCUT2D eigenvalue weighted by Gasteiger charge is -2.36. The maximum atomic E-state index is 12.1. The molecule has 0 fully saturated rings. The molecule has 0 aromatic heterocycles. The molecule has 35 heavy (non-hydrogen) atoms. The number of aliphatic hydroxyl groups is 1. The molecule has 0 heterocycles. The second kappa shape index (κ2) is 12.1. The van der Waals surface area contributed by atoms with Crippen LogP contribution in [0.25, 0.3) is 0 Å². The van der Waals surface area contributed by atoms with Crippen molar-refractivity contribution in [3.8, 4) is 0 Å². The van der Waals surface area contributed by atoms with Crippen LogP contribution in [0, 0.1) is 0 Å². The summed E-state index contributed by atoms with van der Waals surface area (Å²) < 4.78 is 29.0. The van der Waals surface area contributed by atoms with E-state index in [1.165, 1.54) is 0 Å². The average Bonchev–Trinajstić information content (AvgIpc) is 2.84. The first-order valence-electron chi connectivity index (χ1n) is 11.5. The van der Waals surface area contributed by atoms with Gasteiger partial charge in [0.25, 0.3) is 7.82 Å². The number of aliphatic hydroxyl groups excluding tert-OH is 1. The van der Waals surface area contributed by atoms with Crippen LogP contribution in [0.5, 0.6) is 0 Å². The summed E-state index contributed by atoms with van der Waals surface area (Å²) in [6.45, 7) is -0.151. The Balaban J connectivity index is 1.79. The smallest absolute Gasteiger partial charge is 0.268 e. The van der Waals surface area contributed by atoms with E-state index >= 15 is 0 Å². The topological polar surface area (TPSA) is 88.1 Å². The van der Waals surface area contributed by atoms with Crippen molar-refractivity contribution in [1.29, 1.82) is 0 Å². The Morgan fingerprint density at radius 3 is 1.63 bits per heavy atom. The number of rotatable bonds is 13. The van der Waals surface area contributed by atoms with Gasteiger partial charge in [-0.3, -0.25) is 4.57 Å². The largest absolute Gasteiger partial charge is 0.756 e. The minimum absolute atomic E-state index is 0.00396. The summed E-state index contributed by atoms with van der Waals surface area (Å²) in [5.74, 6) is 0. The van der Waals surface area contributed by atoms with E-state index in [0.717, 1.165) is 16.7 Å². The van der Waals surface area contributed by atoms with E-state index in [4.69, 9.17) is 13.8 Å². The zero-order valence-corrected chi connectivity index (χ0v) is 21.3. The van der Waals surface area contributed by atoms with E-state index in [2.05, 4.69) is 0 Å². The predicted molar refractivity (Wildman–Crippen MR) is 134 cm³/mol. The lowest BCUT2D eigenvalue weighted by Crippen LogP contribution is -2.38. The Bertz CT molecular complexity index is 976. The standard InChI is InChI=1S/C27H34NO6P/c1-28(2,3)19-20-33-35(30,31)34-22-26(29)21-32-27(23-13-7-4-8-14-23,24-15-9-5-10-16-24)25-17-11-6-12-18-25/h4-18,26,29H,19-22H2,1-3H3/t26-/m0/s1. The van der Waals surface area contributed by atoms with E-state index < -0.39 is 26.1 Å². The number of phosphoric acid groups is 1. The molecule has 0 aliphatic rings. The van der Waals surface area contributed by atoms with Crippen molar-refractivity contribution in [1.82, 2.24) is 0 Å². The van der Waals surface area contributed by atoms with Crippen LogP contribution in [0.1, 0.15) is 16.7 Å². The molecular weight excluding hydrogens is 465 g/mol. The number of hydrogen-bond acceptors (Lipinski definition) is 6. The van der Waals surface area contributed by atoms with E-state index in [0.29, 0.717) is 11.0 Å². The Morgan fingerprint density at radius 2 is 1.23 bits per heavy atom. The summed E-state index contributed by atoms with van der Waals surface area (Å²) in [6.07, 6.45) is -1.20. The molecule has 0 aliphatic heterocycles. The first kappa shape index (κ1) is 27.2. The number of hydrogen-bond donors (Lipinski definition) is 1. The van der Waals surface area contributed by atoms with Crippen LogP contribution in [-0.2, 0) is 24.0 Å². The molecule has 0 aliphatic carbocycles. The molecule has 0 saturated heterocycles. The molecule has 0 saturated carbocycles. The van der Waals surface area contributed by atoms with Gasteiger partial charge in [0, 0.05) is 0 Å². The van der Waals surface area contributed by atoms with Gasteiger partial charge in [-0.15, -0.1) is 0 Å². The van der Waals surface area contributed by atoms with Crippen LogP contribution < -0.4 is 4.89 Å². The predicted octanol–water partition coefficient (Wildman–Crippen LogP) is 3.56. The van der Waals surface area contributed by atoms with Crippen molar-refractivity contribution in [3.05, 3.63) is 108 Å². The molecule has 0 radical (unpaired) electrons. The highest BCUT2D eigenvalue weighted by Crippen LogP contribution is 2.41. The van der Waals surface area contributed by atoms with Gasteiger partial charge in [-0.25, -0.2) is 0 Å². The van der Waals surface area contributed by atoms with E-state index in [-0.39, 0.29) is 13.2 Å². The summed E-state index contributed by atoms with van der Waals surface area (Å²) in [5, 5.41) is 10.6. The van der Waals surface area contributed by atoms with Gasteiger partial charge in [0.2, 0.25) is 0 Å². The molecule has 188 valence electrons. The highest BCUT2D eigenvalue weighted by Gasteiger charge is 2.38. The zero-order valence-electron chi connectivity index (χ0n) is 20.4. The normalized spacial score (nSPS) is 14.9. The average molecular weight is 500 g/mol. The first-order valence-corrected chi connectivity index (χ1v) is 13.0. The highest BCUT2D eigenvalue weighted by atomic mass is 31.2. The lowest BCUT2D eigenvalue weighted by atomic mass is 9.80. The van der Waals surface area contributed by atoms with Crippen molar-refractivity contribution in [2.24, 2.45) is 0 Å². The fourth-order valence-electron chi connectivity index (χ4n) is 3.68. The fraction of sp³-hybridized carbons (Fsp3) is 0.333. The number of benzene rings is 3. The van der Waals surface area contributed by atoms with Gasteiger partial charge < -0.3 is 28.3 Å². The molecule has 3 aromatic carbocycles. The van der Waals surface area contributed by atoms with Crippen LogP contribution in [0.3, 0.4) is 0 Å². The Labute approximate surface area is 207 Å². The van der Waals surface area contributed by atoms with E-state index in [1.54, 1.807) is 0 Å². The first-order chi connectivity index (χ1) is 16.6. The van der Waals surface area contributed by atoms with Crippen molar-refractivity contribution in [2.75, 3.05) is 47.5 Å². The maximum absolute atomic E-state index is 12.1. The number of nitrogens with zero attached hydrogens (tertiary/aromatic N) is 1.